The summed E-state index contributed by atoms with van der Waals surface area (Å²) in [6.07, 6.45) is 5.86. The number of benzene rings is 1. The van der Waals surface area contributed by atoms with Crippen molar-refractivity contribution in [3.63, 3.8) is 0 Å². The summed E-state index contributed by atoms with van der Waals surface area (Å²) in [5, 5.41) is 12.4. The van der Waals surface area contributed by atoms with Gasteiger partial charge in [0.1, 0.15) is 12.8 Å². The summed E-state index contributed by atoms with van der Waals surface area (Å²) in [5.41, 5.74) is 1.58. The van der Waals surface area contributed by atoms with Crippen LogP contribution in [0.25, 0.3) is 0 Å². The zero-order valence-corrected chi connectivity index (χ0v) is 9.44. The molecule has 1 rings (SSSR count). The average molecular weight is 215 g/mol. The molecule has 0 amide bonds. The number of rotatable bonds is 6. The van der Waals surface area contributed by atoms with Crippen molar-refractivity contribution in [3.05, 3.63) is 35.4 Å². The Morgan fingerprint density at radius 2 is 2.31 bits per heavy atom. The molecular formula is C13H15N2O. The summed E-state index contributed by atoms with van der Waals surface area (Å²) < 4.78 is 0. The maximum Gasteiger partial charge on any atom is 0.142 e. The molecule has 0 aliphatic heterocycles. The highest BCUT2D eigenvalue weighted by molar-refractivity contribution is 5.56. The fourth-order valence-electron chi connectivity index (χ4n) is 1.18. The fraction of sp³-hybridized carbons (Fsp3) is 0.385. The summed E-state index contributed by atoms with van der Waals surface area (Å²) in [6.45, 7) is 2.50. The summed E-state index contributed by atoms with van der Waals surface area (Å²) in [4.78, 5) is 5.07. The van der Waals surface area contributed by atoms with Gasteiger partial charge in [-0.25, -0.2) is 0 Å². The minimum atomic E-state index is 0.384. The second-order valence-electron chi connectivity index (χ2n) is 3.44. The summed E-state index contributed by atoms with van der Waals surface area (Å²) in [6, 6.07) is 9.38. The molecular weight excluding hydrogens is 200 g/mol. The standard InChI is InChI=1S/C13H15N2O/c1-2-3-4-8-15-16-11-13-7-5-6-12(9-13)10-14/h5-7,9H,2-4,11H2,1H3. The Balaban J connectivity index is 2.32. The zero-order chi connectivity index (χ0) is 11.6. The molecule has 0 aliphatic rings. The van der Waals surface area contributed by atoms with E-state index in [-0.39, 0.29) is 0 Å². The van der Waals surface area contributed by atoms with E-state index in [9.17, 15) is 0 Å². The SMILES string of the molecule is CCCC/[C]=N/OCc1cccc(C#N)c1. The number of nitrogens with zero attached hydrogens (tertiary/aromatic N) is 2. The van der Waals surface area contributed by atoms with Gasteiger partial charge in [-0.3, -0.25) is 0 Å². The first kappa shape index (κ1) is 12.3. The van der Waals surface area contributed by atoms with Crippen LogP contribution in [0.2, 0.25) is 0 Å². The lowest BCUT2D eigenvalue weighted by atomic mass is 10.1. The van der Waals surface area contributed by atoms with Gasteiger partial charge in [-0.15, -0.1) is 0 Å². The Labute approximate surface area is 96.3 Å². The van der Waals surface area contributed by atoms with E-state index in [1.165, 1.54) is 0 Å². The van der Waals surface area contributed by atoms with Crippen molar-refractivity contribution in [1.82, 2.24) is 0 Å². The van der Waals surface area contributed by atoms with Crippen LogP contribution in [-0.2, 0) is 11.4 Å². The fourth-order valence-corrected chi connectivity index (χ4v) is 1.18. The van der Waals surface area contributed by atoms with E-state index in [4.69, 9.17) is 10.1 Å². The van der Waals surface area contributed by atoms with Crippen LogP contribution in [-0.4, -0.2) is 6.21 Å². The molecule has 0 saturated heterocycles. The van der Waals surface area contributed by atoms with Crippen molar-refractivity contribution in [1.29, 1.82) is 5.26 Å². The number of nitriles is 1. The van der Waals surface area contributed by atoms with Gasteiger partial charge in [0, 0.05) is 0 Å². The predicted molar refractivity (Wildman–Crippen MR) is 62.9 cm³/mol. The normalized spacial score (nSPS) is 10.2. The van der Waals surface area contributed by atoms with Gasteiger partial charge >= 0.3 is 0 Å². The second-order valence-corrected chi connectivity index (χ2v) is 3.44. The quantitative estimate of drug-likeness (QED) is 0.415. The highest BCUT2D eigenvalue weighted by Crippen LogP contribution is 2.05. The number of unbranched alkanes of at least 4 members (excludes halogenated alkanes) is 2. The summed E-state index contributed by atoms with van der Waals surface area (Å²) in [5.74, 6) is 0. The number of hydrogen-bond donors (Lipinski definition) is 0. The van der Waals surface area contributed by atoms with E-state index in [1.54, 1.807) is 12.1 Å². The largest absolute Gasteiger partial charge is 0.391 e. The van der Waals surface area contributed by atoms with Gasteiger partial charge in [-0.05, 0) is 30.5 Å². The van der Waals surface area contributed by atoms with E-state index in [0.29, 0.717) is 12.2 Å². The lowest BCUT2D eigenvalue weighted by molar-refractivity contribution is 0.131. The molecule has 3 heteroatoms. The van der Waals surface area contributed by atoms with Gasteiger partial charge in [0.2, 0.25) is 0 Å². The Kier molecular flexibility index (Phi) is 5.72. The predicted octanol–water partition coefficient (Wildman–Crippen LogP) is 3.13. The highest BCUT2D eigenvalue weighted by Gasteiger charge is 1.94. The van der Waals surface area contributed by atoms with Crippen LogP contribution in [0.3, 0.4) is 0 Å². The molecule has 0 bridgehead atoms. The molecule has 16 heavy (non-hydrogen) atoms. The van der Waals surface area contributed by atoms with Gasteiger partial charge in [0.25, 0.3) is 0 Å². The van der Waals surface area contributed by atoms with E-state index in [1.807, 2.05) is 12.1 Å². The van der Waals surface area contributed by atoms with Crippen molar-refractivity contribution in [2.75, 3.05) is 0 Å². The summed E-state index contributed by atoms with van der Waals surface area (Å²) >= 11 is 0. The van der Waals surface area contributed by atoms with Crippen LogP contribution in [0.5, 0.6) is 0 Å². The average Bonchev–Trinajstić information content (AvgIpc) is 2.34. The van der Waals surface area contributed by atoms with Crippen molar-refractivity contribution in [2.45, 2.75) is 32.8 Å². The first-order valence-electron chi connectivity index (χ1n) is 5.40. The molecule has 0 saturated carbocycles. The van der Waals surface area contributed by atoms with Crippen LogP contribution in [0, 0.1) is 11.3 Å². The molecule has 0 atom stereocenters. The van der Waals surface area contributed by atoms with Crippen LogP contribution >= 0.6 is 0 Å². The third-order valence-electron chi connectivity index (χ3n) is 2.06. The van der Waals surface area contributed by atoms with E-state index in [0.717, 1.165) is 24.8 Å². The monoisotopic (exact) mass is 215 g/mol. The van der Waals surface area contributed by atoms with E-state index < -0.39 is 0 Å². The topological polar surface area (TPSA) is 45.4 Å². The third kappa shape index (κ3) is 4.61. The van der Waals surface area contributed by atoms with Gasteiger partial charge in [0.15, 0.2) is 0 Å². The van der Waals surface area contributed by atoms with Crippen molar-refractivity contribution in [2.24, 2.45) is 5.16 Å². The van der Waals surface area contributed by atoms with Crippen LogP contribution in [0.1, 0.15) is 37.3 Å². The molecule has 0 N–H and O–H groups in total. The number of hydrogen-bond acceptors (Lipinski definition) is 3. The van der Waals surface area contributed by atoms with Gasteiger partial charge in [-0.2, -0.15) is 5.26 Å². The Morgan fingerprint density at radius 1 is 1.44 bits per heavy atom. The maximum atomic E-state index is 8.70. The third-order valence-corrected chi connectivity index (χ3v) is 2.06. The van der Waals surface area contributed by atoms with E-state index in [2.05, 4.69) is 24.4 Å². The lowest BCUT2D eigenvalue weighted by Crippen LogP contribution is -1.88. The molecule has 0 heterocycles. The lowest BCUT2D eigenvalue weighted by Gasteiger charge is -1.99. The first-order valence-corrected chi connectivity index (χ1v) is 5.40. The molecule has 3 nitrogen and oxygen atoms in total. The van der Waals surface area contributed by atoms with Crippen molar-refractivity contribution < 1.29 is 4.84 Å². The minimum absolute atomic E-state index is 0.384. The van der Waals surface area contributed by atoms with Gasteiger partial charge in [-0.1, -0.05) is 30.6 Å². The molecule has 1 aromatic carbocycles. The van der Waals surface area contributed by atoms with Crippen molar-refractivity contribution >= 4 is 6.21 Å². The maximum absolute atomic E-state index is 8.70. The highest BCUT2D eigenvalue weighted by atomic mass is 16.6. The van der Waals surface area contributed by atoms with E-state index >= 15 is 0 Å². The Bertz CT molecular complexity index is 380. The van der Waals surface area contributed by atoms with Crippen molar-refractivity contribution in [3.8, 4) is 6.07 Å². The molecule has 1 radical (unpaired) electrons. The molecule has 0 fully saturated rings. The molecule has 0 unspecified atom stereocenters. The first-order chi connectivity index (χ1) is 7.86. The zero-order valence-electron chi connectivity index (χ0n) is 9.44. The molecule has 0 spiro atoms. The van der Waals surface area contributed by atoms with Crippen LogP contribution < -0.4 is 0 Å². The second kappa shape index (κ2) is 7.47. The smallest absolute Gasteiger partial charge is 0.142 e. The van der Waals surface area contributed by atoms with Gasteiger partial charge < -0.3 is 4.84 Å². The minimum Gasteiger partial charge on any atom is -0.391 e. The van der Waals surface area contributed by atoms with Gasteiger partial charge in [0.05, 0.1) is 11.6 Å². The molecule has 83 valence electrons. The molecule has 0 aromatic heterocycles. The summed E-state index contributed by atoms with van der Waals surface area (Å²) in [7, 11) is 0. The Morgan fingerprint density at radius 3 is 3.06 bits per heavy atom. The van der Waals surface area contributed by atoms with Crippen LogP contribution in [0.4, 0.5) is 0 Å². The Hall–Kier alpha value is -1.82. The van der Waals surface area contributed by atoms with Crippen LogP contribution in [0.15, 0.2) is 29.4 Å². The molecule has 1 aromatic rings. The molecule has 0 aliphatic carbocycles.